The van der Waals surface area contributed by atoms with Crippen LogP contribution >= 0.6 is 34.9 Å². The van der Waals surface area contributed by atoms with E-state index in [1.165, 1.54) is 30.0 Å². The van der Waals surface area contributed by atoms with E-state index in [9.17, 15) is 9.59 Å². The monoisotopic (exact) mass is 333 g/mol. The molecule has 1 heterocycles. The molecule has 0 aliphatic carbocycles. The van der Waals surface area contributed by atoms with Gasteiger partial charge in [0, 0.05) is 0 Å². The van der Waals surface area contributed by atoms with Crippen LogP contribution in [-0.4, -0.2) is 39.4 Å². The van der Waals surface area contributed by atoms with Crippen molar-refractivity contribution in [1.29, 1.82) is 0 Å². The number of thioether (sulfide) groups is 2. The van der Waals surface area contributed by atoms with Gasteiger partial charge in [-0.15, -0.1) is 10.2 Å². The standard InChI is InChI=1S/C12H19N3O2S3/c1-5-18-11-14-15-12(20-11)19-6-9(17)13-10(7(2)3)8(4)16/h7,10H,5-6H2,1-4H3,(H,13,17). The lowest BCUT2D eigenvalue weighted by molar-refractivity contribution is -0.126. The molecule has 20 heavy (non-hydrogen) atoms. The molecule has 5 nitrogen and oxygen atoms in total. The average Bonchev–Trinajstić information content (AvgIpc) is 2.81. The van der Waals surface area contributed by atoms with Gasteiger partial charge in [-0.05, 0) is 18.6 Å². The predicted molar refractivity (Wildman–Crippen MR) is 84.5 cm³/mol. The van der Waals surface area contributed by atoms with Gasteiger partial charge in [-0.1, -0.05) is 55.6 Å². The Balaban J connectivity index is 2.44. The van der Waals surface area contributed by atoms with Crippen molar-refractivity contribution in [1.82, 2.24) is 15.5 Å². The number of ketones is 1. The number of nitrogens with zero attached hydrogens (tertiary/aromatic N) is 2. The van der Waals surface area contributed by atoms with Crippen LogP contribution in [0.15, 0.2) is 8.68 Å². The van der Waals surface area contributed by atoms with E-state index in [4.69, 9.17) is 0 Å². The second-order valence-corrected chi connectivity index (χ2v) is 8.17. The van der Waals surface area contributed by atoms with Crippen LogP contribution in [0.4, 0.5) is 0 Å². The maximum Gasteiger partial charge on any atom is 0.231 e. The summed E-state index contributed by atoms with van der Waals surface area (Å²) in [5, 5.41) is 10.8. The van der Waals surface area contributed by atoms with Crippen molar-refractivity contribution >= 4 is 46.6 Å². The molecule has 1 N–H and O–H groups in total. The largest absolute Gasteiger partial charge is 0.345 e. The van der Waals surface area contributed by atoms with Crippen molar-refractivity contribution in [2.45, 2.75) is 42.4 Å². The lowest BCUT2D eigenvalue weighted by atomic mass is 10.0. The highest BCUT2D eigenvalue weighted by molar-refractivity contribution is 8.03. The summed E-state index contributed by atoms with van der Waals surface area (Å²) >= 11 is 4.47. The minimum atomic E-state index is -0.413. The molecule has 112 valence electrons. The third-order valence-corrected chi connectivity index (χ3v) is 5.48. The number of hydrogen-bond donors (Lipinski definition) is 1. The Bertz CT molecular complexity index is 463. The summed E-state index contributed by atoms with van der Waals surface area (Å²) in [6.45, 7) is 7.38. The van der Waals surface area contributed by atoms with Gasteiger partial charge in [-0.3, -0.25) is 9.59 Å². The van der Waals surface area contributed by atoms with Crippen molar-refractivity contribution in [2.75, 3.05) is 11.5 Å². The number of nitrogens with one attached hydrogen (secondary N) is 1. The first-order valence-corrected chi connectivity index (χ1v) is 9.11. The Labute approximate surface area is 131 Å². The Morgan fingerprint density at radius 3 is 2.35 bits per heavy atom. The maximum absolute atomic E-state index is 11.8. The van der Waals surface area contributed by atoms with Crippen molar-refractivity contribution in [3.05, 3.63) is 0 Å². The van der Waals surface area contributed by atoms with Crippen LogP contribution in [0.1, 0.15) is 27.7 Å². The minimum absolute atomic E-state index is 0.0177. The van der Waals surface area contributed by atoms with Crippen molar-refractivity contribution in [2.24, 2.45) is 5.92 Å². The topological polar surface area (TPSA) is 72.0 Å². The molecule has 0 radical (unpaired) electrons. The normalized spacial score (nSPS) is 12.4. The molecule has 1 unspecified atom stereocenters. The zero-order chi connectivity index (χ0) is 15.1. The molecule has 1 rings (SSSR count). The summed E-state index contributed by atoms with van der Waals surface area (Å²) in [5.74, 6) is 1.13. The Hall–Kier alpha value is -0.600. The van der Waals surface area contributed by atoms with E-state index in [0.717, 1.165) is 14.4 Å². The van der Waals surface area contributed by atoms with E-state index < -0.39 is 6.04 Å². The van der Waals surface area contributed by atoms with Gasteiger partial charge in [0.25, 0.3) is 0 Å². The van der Waals surface area contributed by atoms with Gasteiger partial charge in [0.15, 0.2) is 14.5 Å². The van der Waals surface area contributed by atoms with Crippen molar-refractivity contribution < 1.29 is 9.59 Å². The summed E-state index contributed by atoms with van der Waals surface area (Å²) in [6, 6.07) is -0.413. The van der Waals surface area contributed by atoms with Gasteiger partial charge in [0.1, 0.15) is 0 Å². The molecule has 0 bridgehead atoms. The SMILES string of the molecule is CCSc1nnc(SCC(=O)NC(C(C)=O)C(C)C)s1. The van der Waals surface area contributed by atoms with Crippen molar-refractivity contribution in [3.8, 4) is 0 Å². The fraction of sp³-hybridized carbons (Fsp3) is 0.667. The number of aromatic nitrogens is 2. The molecule has 0 saturated carbocycles. The minimum Gasteiger partial charge on any atom is -0.345 e. The molecule has 1 aromatic rings. The van der Waals surface area contributed by atoms with E-state index in [2.05, 4.69) is 22.4 Å². The molecular formula is C12H19N3O2S3. The first-order chi connectivity index (χ1) is 9.43. The third-order valence-electron chi connectivity index (χ3n) is 2.40. The van der Waals surface area contributed by atoms with Crippen LogP contribution in [0.3, 0.4) is 0 Å². The highest BCUT2D eigenvalue weighted by atomic mass is 32.2. The molecule has 0 aromatic carbocycles. The number of hydrogen-bond acceptors (Lipinski definition) is 7. The molecule has 0 saturated heterocycles. The number of carbonyl (C=O) groups is 2. The van der Waals surface area contributed by atoms with Gasteiger partial charge < -0.3 is 5.32 Å². The second-order valence-electron chi connectivity index (χ2n) is 4.46. The van der Waals surface area contributed by atoms with Crippen LogP contribution in [0.25, 0.3) is 0 Å². The molecule has 0 spiro atoms. The van der Waals surface area contributed by atoms with E-state index in [1.807, 2.05) is 13.8 Å². The summed E-state index contributed by atoms with van der Waals surface area (Å²) in [4.78, 5) is 23.3. The quantitative estimate of drug-likeness (QED) is 0.737. The third kappa shape index (κ3) is 5.80. The number of carbonyl (C=O) groups excluding carboxylic acids is 2. The summed E-state index contributed by atoms with van der Waals surface area (Å²) in [5.41, 5.74) is 0. The Morgan fingerprint density at radius 1 is 1.25 bits per heavy atom. The fourth-order valence-electron chi connectivity index (χ4n) is 1.52. The lowest BCUT2D eigenvalue weighted by Crippen LogP contribution is -2.44. The number of amides is 1. The number of Topliss-reactive ketones (excluding diaryl/α,β-unsaturated/α-hetero) is 1. The summed E-state index contributed by atoms with van der Waals surface area (Å²) in [6.07, 6.45) is 0. The van der Waals surface area contributed by atoms with E-state index in [0.29, 0.717) is 0 Å². The van der Waals surface area contributed by atoms with Gasteiger partial charge in [0.2, 0.25) is 5.91 Å². The molecule has 0 aliphatic rings. The first-order valence-electron chi connectivity index (χ1n) is 6.33. The molecule has 1 amide bonds. The predicted octanol–water partition coefficient (Wildman–Crippen LogP) is 2.47. The fourth-order valence-corrected chi connectivity index (χ4v) is 4.25. The molecular weight excluding hydrogens is 314 g/mol. The molecule has 0 aliphatic heterocycles. The van der Waals surface area contributed by atoms with E-state index >= 15 is 0 Å². The zero-order valence-electron chi connectivity index (χ0n) is 12.0. The van der Waals surface area contributed by atoms with Crippen LogP contribution in [0.5, 0.6) is 0 Å². The van der Waals surface area contributed by atoms with Crippen LogP contribution in [0, 0.1) is 5.92 Å². The zero-order valence-corrected chi connectivity index (χ0v) is 14.5. The molecule has 1 atom stereocenters. The van der Waals surface area contributed by atoms with Gasteiger partial charge in [0.05, 0.1) is 11.8 Å². The van der Waals surface area contributed by atoms with E-state index in [1.54, 1.807) is 11.8 Å². The average molecular weight is 334 g/mol. The van der Waals surface area contributed by atoms with Crippen LogP contribution in [0.2, 0.25) is 0 Å². The Morgan fingerprint density at radius 2 is 1.85 bits per heavy atom. The maximum atomic E-state index is 11.8. The summed E-state index contributed by atoms with van der Waals surface area (Å²) < 4.78 is 1.69. The smallest absolute Gasteiger partial charge is 0.231 e. The molecule has 0 fully saturated rings. The Kier molecular flexibility index (Phi) is 7.53. The van der Waals surface area contributed by atoms with Crippen LogP contribution < -0.4 is 5.32 Å². The molecule has 1 aromatic heterocycles. The lowest BCUT2D eigenvalue weighted by Gasteiger charge is -2.19. The molecule has 8 heteroatoms. The van der Waals surface area contributed by atoms with Gasteiger partial charge in [-0.2, -0.15) is 0 Å². The highest BCUT2D eigenvalue weighted by Gasteiger charge is 2.20. The van der Waals surface area contributed by atoms with Gasteiger partial charge >= 0.3 is 0 Å². The summed E-state index contributed by atoms with van der Waals surface area (Å²) in [7, 11) is 0. The van der Waals surface area contributed by atoms with Crippen molar-refractivity contribution in [3.63, 3.8) is 0 Å². The first kappa shape index (κ1) is 17.5. The number of rotatable bonds is 8. The highest BCUT2D eigenvalue weighted by Crippen LogP contribution is 2.28. The van der Waals surface area contributed by atoms with E-state index in [-0.39, 0.29) is 23.4 Å². The second kappa shape index (κ2) is 8.63. The van der Waals surface area contributed by atoms with Crippen LogP contribution in [-0.2, 0) is 9.59 Å². The van der Waals surface area contributed by atoms with Gasteiger partial charge in [-0.25, -0.2) is 0 Å².